The summed E-state index contributed by atoms with van der Waals surface area (Å²) in [6.45, 7) is 2.41. The van der Waals surface area contributed by atoms with Crippen LogP contribution in [0.3, 0.4) is 0 Å². The lowest BCUT2D eigenvalue weighted by Gasteiger charge is -2.03. The van der Waals surface area contributed by atoms with E-state index in [0.717, 1.165) is 6.42 Å². The third-order valence-corrected chi connectivity index (χ3v) is 2.80. The van der Waals surface area contributed by atoms with Crippen molar-refractivity contribution >= 4 is 11.5 Å². The highest BCUT2D eigenvalue weighted by molar-refractivity contribution is 5.59. The Hall–Kier alpha value is -2.45. The Balaban J connectivity index is 2.11. The zero-order valence-electron chi connectivity index (χ0n) is 11.4. The Kier molecular flexibility index (Phi) is 4.28. The van der Waals surface area contributed by atoms with Crippen molar-refractivity contribution in [2.45, 2.75) is 26.2 Å². The van der Waals surface area contributed by atoms with Crippen LogP contribution in [-0.2, 0) is 19.9 Å². The largest absolute Gasteiger partial charge is 0.364 e. The zero-order chi connectivity index (χ0) is 14.5. The monoisotopic (exact) mass is 280 g/mol. The second-order valence-electron chi connectivity index (χ2n) is 4.29. The fraction of sp³-hybridized carbons (Fsp3) is 0.545. The Bertz CT molecular complexity index is 577. The number of anilines is 1. The van der Waals surface area contributed by atoms with E-state index in [1.165, 1.54) is 11.0 Å². The van der Waals surface area contributed by atoms with Gasteiger partial charge >= 0.3 is 5.69 Å². The molecule has 0 unspecified atom stereocenters. The van der Waals surface area contributed by atoms with Crippen LogP contribution in [-0.4, -0.2) is 31.4 Å². The van der Waals surface area contributed by atoms with E-state index < -0.39 is 4.92 Å². The predicted octanol–water partition coefficient (Wildman–Crippen LogP) is 1.32. The van der Waals surface area contributed by atoms with Crippen LogP contribution in [0.5, 0.6) is 0 Å². The fourth-order valence-electron chi connectivity index (χ4n) is 1.96. The number of rotatable bonds is 7. The van der Waals surface area contributed by atoms with Gasteiger partial charge in [0.2, 0.25) is 11.7 Å². The van der Waals surface area contributed by atoms with Gasteiger partial charge in [-0.25, -0.2) is 4.68 Å². The number of aromatic nitrogens is 4. The van der Waals surface area contributed by atoms with Crippen molar-refractivity contribution in [2.75, 3.05) is 11.9 Å². The summed E-state index contributed by atoms with van der Waals surface area (Å²) < 4.78 is 6.36. The summed E-state index contributed by atoms with van der Waals surface area (Å²) in [6, 6.07) is 0. The molecule has 0 aromatic carbocycles. The van der Waals surface area contributed by atoms with Crippen LogP contribution in [0.15, 0.2) is 10.9 Å². The summed E-state index contributed by atoms with van der Waals surface area (Å²) >= 11 is 0. The lowest BCUT2D eigenvalue weighted by atomic mass is 10.2. The Morgan fingerprint density at radius 1 is 1.50 bits per heavy atom. The minimum atomic E-state index is -0.396. The SMILES string of the molecule is CCCc1nn(C)c(NCCc2ncno2)c1[N+](=O)[O-]. The standard InChI is InChI=1S/C11H16N6O3/c1-3-4-8-10(17(18)19)11(16(2)15-8)12-6-5-9-13-7-14-20-9/h7,12H,3-6H2,1-2H3. The summed E-state index contributed by atoms with van der Waals surface area (Å²) in [4.78, 5) is 14.7. The molecule has 0 aliphatic heterocycles. The van der Waals surface area contributed by atoms with E-state index in [0.29, 0.717) is 36.8 Å². The first-order chi connectivity index (χ1) is 9.63. The molecule has 9 heteroatoms. The van der Waals surface area contributed by atoms with E-state index in [1.54, 1.807) is 7.05 Å². The number of nitrogens with one attached hydrogen (secondary N) is 1. The number of nitro groups is 1. The molecule has 0 bridgehead atoms. The van der Waals surface area contributed by atoms with Gasteiger partial charge in [-0.05, 0) is 6.42 Å². The van der Waals surface area contributed by atoms with Crippen molar-refractivity contribution in [3.63, 3.8) is 0 Å². The number of aryl methyl sites for hydroxylation is 2. The molecule has 0 atom stereocenters. The van der Waals surface area contributed by atoms with E-state index in [1.807, 2.05) is 6.92 Å². The van der Waals surface area contributed by atoms with Crippen LogP contribution in [0, 0.1) is 10.1 Å². The summed E-state index contributed by atoms with van der Waals surface area (Å²) in [5, 5.41) is 21.9. The van der Waals surface area contributed by atoms with Gasteiger partial charge in [-0.3, -0.25) is 10.1 Å². The van der Waals surface area contributed by atoms with Gasteiger partial charge in [0, 0.05) is 20.0 Å². The van der Waals surface area contributed by atoms with Gasteiger partial charge < -0.3 is 9.84 Å². The highest BCUT2D eigenvalue weighted by Gasteiger charge is 2.25. The van der Waals surface area contributed by atoms with Crippen molar-refractivity contribution in [2.24, 2.45) is 7.05 Å². The molecule has 2 heterocycles. The van der Waals surface area contributed by atoms with E-state index in [4.69, 9.17) is 4.52 Å². The summed E-state index contributed by atoms with van der Waals surface area (Å²) in [6.07, 6.45) is 3.20. The molecule has 0 aliphatic rings. The smallest absolute Gasteiger partial charge is 0.333 e. The maximum atomic E-state index is 11.2. The van der Waals surface area contributed by atoms with Crippen molar-refractivity contribution in [1.29, 1.82) is 0 Å². The summed E-state index contributed by atoms with van der Waals surface area (Å²) in [5.74, 6) is 0.883. The minimum Gasteiger partial charge on any atom is -0.364 e. The molecule has 0 spiro atoms. The Morgan fingerprint density at radius 3 is 2.90 bits per heavy atom. The molecule has 0 fully saturated rings. The fourth-order valence-corrected chi connectivity index (χ4v) is 1.96. The average molecular weight is 280 g/mol. The molecule has 0 radical (unpaired) electrons. The second kappa shape index (κ2) is 6.13. The highest BCUT2D eigenvalue weighted by Crippen LogP contribution is 2.28. The van der Waals surface area contributed by atoms with Crippen LogP contribution in [0.2, 0.25) is 0 Å². The molecule has 2 aromatic rings. The maximum absolute atomic E-state index is 11.2. The lowest BCUT2D eigenvalue weighted by molar-refractivity contribution is -0.384. The zero-order valence-corrected chi connectivity index (χ0v) is 11.4. The van der Waals surface area contributed by atoms with Gasteiger partial charge in [-0.1, -0.05) is 18.5 Å². The van der Waals surface area contributed by atoms with Crippen LogP contribution < -0.4 is 5.32 Å². The van der Waals surface area contributed by atoms with E-state index in [9.17, 15) is 10.1 Å². The molecular weight excluding hydrogens is 264 g/mol. The quantitative estimate of drug-likeness (QED) is 0.601. The van der Waals surface area contributed by atoms with Crippen LogP contribution in [0.4, 0.5) is 11.5 Å². The second-order valence-corrected chi connectivity index (χ2v) is 4.29. The van der Waals surface area contributed by atoms with E-state index in [-0.39, 0.29) is 5.69 Å². The van der Waals surface area contributed by atoms with Crippen molar-refractivity contribution in [3.05, 3.63) is 28.0 Å². The molecule has 1 N–H and O–H groups in total. The molecule has 2 rings (SSSR count). The van der Waals surface area contributed by atoms with Crippen LogP contribution >= 0.6 is 0 Å². The van der Waals surface area contributed by atoms with Gasteiger partial charge in [0.05, 0.1) is 4.92 Å². The van der Waals surface area contributed by atoms with Crippen molar-refractivity contribution in [3.8, 4) is 0 Å². The molecule has 9 nitrogen and oxygen atoms in total. The van der Waals surface area contributed by atoms with Crippen LogP contribution in [0.1, 0.15) is 24.9 Å². The number of hydrogen-bond acceptors (Lipinski definition) is 7. The molecular formula is C11H16N6O3. The average Bonchev–Trinajstić information content (AvgIpc) is 2.99. The van der Waals surface area contributed by atoms with E-state index in [2.05, 4.69) is 20.6 Å². The summed E-state index contributed by atoms with van der Waals surface area (Å²) in [5.41, 5.74) is 0.542. The Labute approximate surface area is 115 Å². The minimum absolute atomic E-state index is 0.0416. The summed E-state index contributed by atoms with van der Waals surface area (Å²) in [7, 11) is 1.68. The normalized spacial score (nSPS) is 10.7. The first-order valence-corrected chi connectivity index (χ1v) is 6.33. The topological polar surface area (TPSA) is 112 Å². The van der Waals surface area contributed by atoms with Gasteiger partial charge in [-0.2, -0.15) is 10.1 Å². The maximum Gasteiger partial charge on any atom is 0.333 e. The molecule has 0 saturated heterocycles. The third-order valence-electron chi connectivity index (χ3n) is 2.80. The van der Waals surface area contributed by atoms with Crippen LogP contribution in [0.25, 0.3) is 0 Å². The van der Waals surface area contributed by atoms with Crippen molar-refractivity contribution in [1.82, 2.24) is 19.9 Å². The highest BCUT2D eigenvalue weighted by atomic mass is 16.6. The van der Waals surface area contributed by atoms with Crippen molar-refractivity contribution < 1.29 is 9.45 Å². The Morgan fingerprint density at radius 2 is 2.30 bits per heavy atom. The van der Waals surface area contributed by atoms with Gasteiger partial charge in [0.25, 0.3) is 0 Å². The van der Waals surface area contributed by atoms with Gasteiger partial charge in [0.15, 0.2) is 6.33 Å². The molecule has 0 saturated carbocycles. The first kappa shape index (κ1) is 14.0. The van der Waals surface area contributed by atoms with Gasteiger partial charge in [0.1, 0.15) is 5.69 Å². The van der Waals surface area contributed by atoms with E-state index >= 15 is 0 Å². The molecule has 108 valence electrons. The molecule has 0 amide bonds. The molecule has 2 aromatic heterocycles. The predicted molar refractivity (Wildman–Crippen MR) is 70.3 cm³/mol. The van der Waals surface area contributed by atoms with Gasteiger partial charge in [-0.15, -0.1) is 0 Å². The number of nitrogens with zero attached hydrogens (tertiary/aromatic N) is 5. The first-order valence-electron chi connectivity index (χ1n) is 6.33. The molecule has 0 aliphatic carbocycles. The third kappa shape index (κ3) is 2.92. The lowest BCUT2D eigenvalue weighted by Crippen LogP contribution is -2.10. The molecule has 20 heavy (non-hydrogen) atoms. The number of hydrogen-bond donors (Lipinski definition) is 1.